The molecule has 0 aliphatic carbocycles. The first-order valence-corrected chi connectivity index (χ1v) is 7.50. The van der Waals surface area contributed by atoms with Gasteiger partial charge in [-0.05, 0) is 39.2 Å². The molecule has 0 radical (unpaired) electrons. The summed E-state index contributed by atoms with van der Waals surface area (Å²) in [7, 11) is 5.98. The molecule has 1 saturated heterocycles. The van der Waals surface area contributed by atoms with Crippen LogP contribution in [0.4, 0.5) is 0 Å². The lowest BCUT2D eigenvalue weighted by Gasteiger charge is -2.38. The van der Waals surface area contributed by atoms with E-state index in [1.54, 1.807) is 19.2 Å². The number of piperazine rings is 1. The standard InChI is InChI=1S/C16H27N3O2/c1-12(15-9-14(21-4)5-6-16(15)20)17-10-13-11-18(2)7-8-19(13)3/h5-6,9,12-13,17,20H,7-8,10-11H2,1-4H3. The molecule has 0 spiro atoms. The molecule has 1 aromatic rings. The molecule has 0 saturated carbocycles. The Labute approximate surface area is 127 Å². The summed E-state index contributed by atoms with van der Waals surface area (Å²) in [6.07, 6.45) is 0. The van der Waals surface area contributed by atoms with Crippen molar-refractivity contribution in [3.63, 3.8) is 0 Å². The zero-order chi connectivity index (χ0) is 15.4. The minimum atomic E-state index is 0.0840. The number of aromatic hydroxyl groups is 1. The van der Waals surface area contributed by atoms with E-state index in [9.17, 15) is 5.11 Å². The molecule has 0 amide bonds. The van der Waals surface area contributed by atoms with Gasteiger partial charge in [0.15, 0.2) is 0 Å². The molecular weight excluding hydrogens is 266 g/mol. The van der Waals surface area contributed by atoms with E-state index in [1.807, 2.05) is 6.07 Å². The van der Waals surface area contributed by atoms with Gasteiger partial charge in [0.25, 0.3) is 0 Å². The van der Waals surface area contributed by atoms with E-state index < -0.39 is 0 Å². The summed E-state index contributed by atoms with van der Waals surface area (Å²) >= 11 is 0. The lowest BCUT2D eigenvalue weighted by atomic mass is 10.1. The Balaban J connectivity index is 1.96. The third-order valence-corrected chi connectivity index (χ3v) is 4.34. The fourth-order valence-corrected chi connectivity index (χ4v) is 2.75. The summed E-state index contributed by atoms with van der Waals surface area (Å²) in [4.78, 5) is 4.76. The molecule has 5 heteroatoms. The number of phenolic OH excluding ortho intramolecular Hbond substituents is 1. The summed E-state index contributed by atoms with van der Waals surface area (Å²) in [5.74, 6) is 1.08. The maximum atomic E-state index is 10.0. The maximum Gasteiger partial charge on any atom is 0.120 e. The smallest absolute Gasteiger partial charge is 0.120 e. The number of likely N-dealkylation sites (N-methyl/N-ethyl adjacent to an activating group) is 2. The molecule has 2 N–H and O–H groups in total. The zero-order valence-corrected chi connectivity index (χ0v) is 13.5. The molecule has 0 aromatic heterocycles. The summed E-state index contributed by atoms with van der Waals surface area (Å²) in [6, 6.07) is 5.94. The first-order chi connectivity index (χ1) is 10.0. The highest BCUT2D eigenvalue weighted by atomic mass is 16.5. The lowest BCUT2D eigenvalue weighted by molar-refractivity contribution is 0.111. The van der Waals surface area contributed by atoms with Crippen molar-refractivity contribution >= 4 is 0 Å². The van der Waals surface area contributed by atoms with E-state index >= 15 is 0 Å². The van der Waals surface area contributed by atoms with Crippen LogP contribution in [0.3, 0.4) is 0 Å². The van der Waals surface area contributed by atoms with Crippen molar-refractivity contribution in [2.45, 2.75) is 19.0 Å². The van der Waals surface area contributed by atoms with Crippen molar-refractivity contribution in [2.75, 3.05) is 47.4 Å². The summed E-state index contributed by atoms with van der Waals surface area (Å²) < 4.78 is 5.23. The Morgan fingerprint density at radius 2 is 2.14 bits per heavy atom. The van der Waals surface area contributed by atoms with Crippen molar-refractivity contribution in [3.05, 3.63) is 23.8 Å². The number of hydrogen-bond acceptors (Lipinski definition) is 5. The molecule has 1 aliphatic heterocycles. The van der Waals surface area contributed by atoms with Crippen molar-refractivity contribution in [3.8, 4) is 11.5 Å². The van der Waals surface area contributed by atoms with Gasteiger partial charge in [0.1, 0.15) is 11.5 Å². The third-order valence-electron chi connectivity index (χ3n) is 4.34. The minimum Gasteiger partial charge on any atom is -0.508 e. The van der Waals surface area contributed by atoms with Crippen molar-refractivity contribution in [1.29, 1.82) is 0 Å². The van der Waals surface area contributed by atoms with Crippen LogP contribution in [0.25, 0.3) is 0 Å². The van der Waals surface area contributed by atoms with E-state index in [2.05, 4.69) is 36.1 Å². The van der Waals surface area contributed by atoms with Crippen LogP contribution in [0.15, 0.2) is 18.2 Å². The van der Waals surface area contributed by atoms with Crippen molar-refractivity contribution in [2.24, 2.45) is 0 Å². The van der Waals surface area contributed by atoms with Crippen molar-refractivity contribution in [1.82, 2.24) is 15.1 Å². The van der Waals surface area contributed by atoms with E-state index in [4.69, 9.17) is 4.74 Å². The number of benzene rings is 1. The third kappa shape index (κ3) is 4.09. The number of ether oxygens (including phenoxy) is 1. The van der Waals surface area contributed by atoms with Crippen molar-refractivity contribution < 1.29 is 9.84 Å². The predicted octanol–water partition coefficient (Wildman–Crippen LogP) is 1.30. The Bertz CT molecular complexity index is 467. The number of rotatable bonds is 5. The second-order valence-electron chi connectivity index (χ2n) is 5.95. The number of phenols is 1. The topological polar surface area (TPSA) is 48.0 Å². The van der Waals surface area contributed by atoms with Crippen LogP contribution in [0.2, 0.25) is 0 Å². The van der Waals surface area contributed by atoms with Gasteiger partial charge in [-0.1, -0.05) is 0 Å². The average Bonchev–Trinajstić information content (AvgIpc) is 2.48. The maximum absolute atomic E-state index is 10.0. The van der Waals surface area contributed by atoms with Crippen LogP contribution in [-0.2, 0) is 0 Å². The SMILES string of the molecule is COc1ccc(O)c(C(C)NCC2CN(C)CCN2C)c1. The monoisotopic (exact) mass is 293 g/mol. The normalized spacial score (nSPS) is 22.2. The number of nitrogens with zero attached hydrogens (tertiary/aromatic N) is 2. The van der Waals surface area contributed by atoms with Crippen LogP contribution < -0.4 is 10.1 Å². The van der Waals surface area contributed by atoms with Gasteiger partial charge in [0.2, 0.25) is 0 Å². The van der Waals surface area contributed by atoms with Gasteiger partial charge in [-0.3, -0.25) is 4.90 Å². The molecule has 2 rings (SSSR count). The van der Waals surface area contributed by atoms with E-state index in [0.717, 1.165) is 37.5 Å². The molecule has 0 bridgehead atoms. The highest BCUT2D eigenvalue weighted by molar-refractivity contribution is 5.41. The summed E-state index contributed by atoms with van der Waals surface area (Å²) in [5.41, 5.74) is 0.876. The van der Waals surface area contributed by atoms with E-state index in [0.29, 0.717) is 11.8 Å². The fourth-order valence-electron chi connectivity index (χ4n) is 2.75. The minimum absolute atomic E-state index is 0.0840. The van der Waals surface area contributed by atoms with Gasteiger partial charge in [0.05, 0.1) is 7.11 Å². The van der Waals surface area contributed by atoms with Crippen LogP contribution in [-0.4, -0.2) is 68.3 Å². The lowest BCUT2D eigenvalue weighted by Crippen LogP contribution is -2.53. The quantitative estimate of drug-likeness (QED) is 0.857. The van der Waals surface area contributed by atoms with E-state index in [1.165, 1.54) is 0 Å². The molecule has 5 nitrogen and oxygen atoms in total. The molecule has 2 unspecified atom stereocenters. The molecule has 1 heterocycles. The Morgan fingerprint density at radius 1 is 1.38 bits per heavy atom. The molecular formula is C16H27N3O2. The van der Waals surface area contributed by atoms with Crippen LogP contribution in [0.1, 0.15) is 18.5 Å². The molecule has 1 aliphatic rings. The van der Waals surface area contributed by atoms with Crippen LogP contribution in [0, 0.1) is 0 Å². The van der Waals surface area contributed by atoms with Gasteiger partial charge in [-0.25, -0.2) is 0 Å². The predicted molar refractivity (Wildman–Crippen MR) is 85.0 cm³/mol. The Hall–Kier alpha value is -1.30. The molecule has 1 fully saturated rings. The highest BCUT2D eigenvalue weighted by Gasteiger charge is 2.22. The van der Waals surface area contributed by atoms with E-state index in [-0.39, 0.29) is 6.04 Å². The second kappa shape index (κ2) is 7.11. The van der Waals surface area contributed by atoms with Gasteiger partial charge >= 0.3 is 0 Å². The van der Waals surface area contributed by atoms with Gasteiger partial charge < -0.3 is 20.1 Å². The van der Waals surface area contributed by atoms with Crippen LogP contribution in [0.5, 0.6) is 11.5 Å². The molecule has 21 heavy (non-hydrogen) atoms. The van der Waals surface area contributed by atoms with Gasteiger partial charge in [-0.2, -0.15) is 0 Å². The Kier molecular flexibility index (Phi) is 5.45. The number of methoxy groups -OCH3 is 1. The highest BCUT2D eigenvalue weighted by Crippen LogP contribution is 2.28. The molecule has 2 atom stereocenters. The average molecular weight is 293 g/mol. The largest absolute Gasteiger partial charge is 0.508 e. The molecule has 1 aromatic carbocycles. The summed E-state index contributed by atoms with van der Waals surface area (Å²) in [5, 5.41) is 13.5. The number of hydrogen-bond donors (Lipinski definition) is 2. The van der Waals surface area contributed by atoms with Gasteiger partial charge in [0, 0.05) is 43.8 Å². The number of nitrogens with one attached hydrogen (secondary N) is 1. The second-order valence-corrected chi connectivity index (χ2v) is 5.95. The molecule has 118 valence electrons. The summed E-state index contributed by atoms with van der Waals surface area (Å²) in [6.45, 7) is 6.26. The first-order valence-electron chi connectivity index (χ1n) is 7.50. The Morgan fingerprint density at radius 3 is 2.86 bits per heavy atom. The van der Waals surface area contributed by atoms with Crippen LogP contribution >= 0.6 is 0 Å². The zero-order valence-electron chi connectivity index (χ0n) is 13.5. The first kappa shape index (κ1) is 16.1. The fraction of sp³-hybridized carbons (Fsp3) is 0.625. The van der Waals surface area contributed by atoms with Gasteiger partial charge in [-0.15, -0.1) is 0 Å².